The molecule has 1 aliphatic rings. The Kier molecular flexibility index (Phi) is 11.2. The van der Waals surface area contributed by atoms with Gasteiger partial charge in [-0.3, -0.25) is 4.99 Å². The molecule has 0 bridgehead atoms. The molecule has 2 rings (SSSR count). The van der Waals surface area contributed by atoms with Gasteiger partial charge in [0.1, 0.15) is 0 Å². The third-order valence-corrected chi connectivity index (χ3v) is 5.40. The van der Waals surface area contributed by atoms with Crippen molar-refractivity contribution < 1.29 is 4.74 Å². The van der Waals surface area contributed by atoms with Gasteiger partial charge < -0.3 is 20.3 Å². The van der Waals surface area contributed by atoms with Crippen molar-refractivity contribution in [3.05, 3.63) is 34.3 Å². The highest BCUT2D eigenvalue weighted by Gasteiger charge is 2.44. The van der Waals surface area contributed by atoms with Crippen molar-refractivity contribution >= 4 is 45.9 Å². The van der Waals surface area contributed by atoms with E-state index in [-0.39, 0.29) is 35.5 Å². The molecular weight excluding hydrogens is 519 g/mol. The predicted molar refractivity (Wildman–Crippen MR) is 128 cm³/mol. The summed E-state index contributed by atoms with van der Waals surface area (Å²) in [7, 11) is 6.01. The minimum atomic E-state index is 0. The van der Waals surface area contributed by atoms with Gasteiger partial charge in [-0.25, -0.2) is 0 Å². The summed E-state index contributed by atoms with van der Waals surface area (Å²) in [4.78, 5) is 6.57. The Hall–Kier alpha value is -0.380. The van der Waals surface area contributed by atoms with Crippen molar-refractivity contribution in [1.82, 2.24) is 15.5 Å². The number of guanidine groups is 1. The highest BCUT2D eigenvalue weighted by atomic mass is 127. The first-order chi connectivity index (χ1) is 12.5. The van der Waals surface area contributed by atoms with E-state index in [1.807, 2.05) is 14.0 Å². The highest BCUT2D eigenvalue weighted by molar-refractivity contribution is 14.0. The molecule has 7 heteroatoms. The third kappa shape index (κ3) is 8.25. The number of rotatable bonds is 10. The molecule has 1 fully saturated rings. The van der Waals surface area contributed by atoms with Gasteiger partial charge >= 0.3 is 0 Å². The zero-order valence-corrected chi connectivity index (χ0v) is 20.8. The van der Waals surface area contributed by atoms with Crippen molar-refractivity contribution in [2.24, 2.45) is 4.99 Å². The zero-order valence-electron chi connectivity index (χ0n) is 16.9. The van der Waals surface area contributed by atoms with Gasteiger partial charge in [0, 0.05) is 43.2 Å². The second-order valence-corrected chi connectivity index (χ2v) is 8.18. The molecule has 154 valence electrons. The lowest BCUT2D eigenvalue weighted by molar-refractivity contribution is 0.0548. The number of hydrogen-bond donors (Lipinski definition) is 2. The van der Waals surface area contributed by atoms with Crippen LogP contribution in [0.5, 0.6) is 0 Å². The van der Waals surface area contributed by atoms with Crippen LogP contribution >= 0.6 is 39.9 Å². The van der Waals surface area contributed by atoms with Crippen molar-refractivity contribution in [1.29, 1.82) is 0 Å². The molecule has 1 saturated carbocycles. The van der Waals surface area contributed by atoms with Gasteiger partial charge in [-0.15, -0.1) is 24.0 Å². The largest absolute Gasteiger partial charge is 0.377 e. The normalized spacial score (nSPS) is 16.6. The van der Waals surface area contributed by atoms with E-state index in [0.717, 1.165) is 43.1 Å². The topological polar surface area (TPSA) is 48.9 Å². The molecule has 27 heavy (non-hydrogen) atoms. The van der Waals surface area contributed by atoms with Gasteiger partial charge in [0.15, 0.2) is 5.96 Å². The van der Waals surface area contributed by atoms with Crippen molar-refractivity contribution in [2.75, 3.05) is 47.4 Å². The summed E-state index contributed by atoms with van der Waals surface area (Å²) < 4.78 is 6.99. The number of hydrogen-bond acceptors (Lipinski definition) is 3. The Morgan fingerprint density at radius 1 is 1.33 bits per heavy atom. The summed E-state index contributed by atoms with van der Waals surface area (Å²) in [6.07, 6.45) is 3.64. The predicted octanol–water partition coefficient (Wildman–Crippen LogP) is 3.62. The minimum Gasteiger partial charge on any atom is -0.377 e. The molecule has 0 heterocycles. The molecule has 0 saturated heterocycles. The van der Waals surface area contributed by atoms with Crippen LogP contribution in [0.3, 0.4) is 0 Å². The van der Waals surface area contributed by atoms with Crippen LogP contribution in [0.4, 0.5) is 0 Å². The SMILES string of the molecule is CCOC(CCN(C)C)CNC(=NC)NCC1(c2cccc(Br)c2)CC1.I. The van der Waals surface area contributed by atoms with Crippen LogP contribution in [-0.4, -0.2) is 64.3 Å². The lowest BCUT2D eigenvalue weighted by Crippen LogP contribution is -2.44. The number of halogens is 2. The van der Waals surface area contributed by atoms with E-state index in [0.29, 0.717) is 0 Å². The van der Waals surface area contributed by atoms with E-state index in [9.17, 15) is 0 Å². The third-order valence-electron chi connectivity index (χ3n) is 4.91. The van der Waals surface area contributed by atoms with Gasteiger partial charge in [0.2, 0.25) is 0 Å². The maximum absolute atomic E-state index is 5.85. The monoisotopic (exact) mass is 552 g/mol. The Balaban J connectivity index is 0.00000364. The van der Waals surface area contributed by atoms with Gasteiger partial charge in [-0.05, 0) is 58.0 Å². The lowest BCUT2D eigenvalue weighted by Gasteiger charge is -2.23. The van der Waals surface area contributed by atoms with E-state index in [1.165, 1.54) is 18.4 Å². The smallest absolute Gasteiger partial charge is 0.191 e. The summed E-state index contributed by atoms with van der Waals surface area (Å²) in [6, 6.07) is 8.65. The quantitative estimate of drug-likeness (QED) is 0.264. The molecule has 1 atom stereocenters. The van der Waals surface area contributed by atoms with E-state index in [1.54, 1.807) is 0 Å². The maximum Gasteiger partial charge on any atom is 0.191 e. The van der Waals surface area contributed by atoms with Gasteiger partial charge in [-0.2, -0.15) is 0 Å². The zero-order chi connectivity index (χ0) is 19.0. The summed E-state index contributed by atoms with van der Waals surface area (Å²) in [5.41, 5.74) is 1.64. The molecule has 5 nitrogen and oxygen atoms in total. The van der Waals surface area contributed by atoms with Gasteiger partial charge in [-0.1, -0.05) is 28.1 Å². The summed E-state index contributed by atoms with van der Waals surface area (Å²) in [5.74, 6) is 0.848. The molecule has 1 unspecified atom stereocenters. The van der Waals surface area contributed by atoms with Crippen LogP contribution in [0.1, 0.15) is 31.7 Å². The summed E-state index contributed by atoms with van der Waals surface area (Å²) in [5, 5.41) is 6.94. The van der Waals surface area contributed by atoms with Gasteiger partial charge in [0.05, 0.1) is 6.10 Å². The fourth-order valence-corrected chi connectivity index (χ4v) is 3.50. The van der Waals surface area contributed by atoms with Gasteiger partial charge in [0.25, 0.3) is 0 Å². The molecule has 2 N–H and O–H groups in total. The first kappa shape index (κ1) is 24.7. The summed E-state index contributed by atoms with van der Waals surface area (Å²) >= 11 is 3.58. The fourth-order valence-electron chi connectivity index (χ4n) is 3.10. The number of benzene rings is 1. The van der Waals surface area contributed by atoms with Crippen LogP contribution in [0.25, 0.3) is 0 Å². The Morgan fingerprint density at radius 2 is 2.07 bits per heavy atom. The maximum atomic E-state index is 5.85. The molecule has 1 aromatic carbocycles. The fraction of sp³-hybridized carbons (Fsp3) is 0.650. The van der Waals surface area contributed by atoms with E-state index in [4.69, 9.17) is 4.74 Å². The molecule has 0 aliphatic heterocycles. The van der Waals surface area contributed by atoms with Crippen LogP contribution in [-0.2, 0) is 10.2 Å². The second kappa shape index (κ2) is 12.2. The van der Waals surface area contributed by atoms with E-state index in [2.05, 4.69) is 74.8 Å². The Labute approximate surface area is 189 Å². The number of ether oxygens (including phenoxy) is 1. The van der Waals surface area contributed by atoms with Crippen LogP contribution in [0.2, 0.25) is 0 Å². The Morgan fingerprint density at radius 3 is 2.63 bits per heavy atom. The average molecular weight is 553 g/mol. The first-order valence-electron chi connectivity index (χ1n) is 9.46. The lowest BCUT2D eigenvalue weighted by atomic mass is 9.96. The second-order valence-electron chi connectivity index (χ2n) is 7.27. The molecule has 0 radical (unpaired) electrons. The Bertz CT molecular complexity index is 593. The van der Waals surface area contributed by atoms with Crippen molar-refractivity contribution in [3.8, 4) is 0 Å². The minimum absolute atomic E-state index is 0. The van der Waals surface area contributed by atoms with E-state index < -0.39 is 0 Å². The standard InChI is InChI=1S/C20H33BrN4O.HI/c1-5-26-18(9-12-25(3)4)14-23-19(22-2)24-15-20(10-11-20)16-7-6-8-17(21)13-16;/h6-8,13,18H,5,9-12,14-15H2,1-4H3,(H2,22,23,24);1H. The number of nitrogens with one attached hydrogen (secondary N) is 2. The number of aliphatic imine (C=N–C) groups is 1. The number of nitrogens with zero attached hydrogens (tertiary/aromatic N) is 2. The molecule has 1 aromatic rings. The molecule has 0 amide bonds. The van der Waals surface area contributed by atoms with E-state index >= 15 is 0 Å². The summed E-state index contributed by atoms with van der Waals surface area (Å²) in [6.45, 7) is 5.47. The molecule has 0 aromatic heterocycles. The first-order valence-corrected chi connectivity index (χ1v) is 10.3. The highest BCUT2D eigenvalue weighted by Crippen LogP contribution is 2.48. The van der Waals surface area contributed by atoms with Crippen molar-refractivity contribution in [3.63, 3.8) is 0 Å². The van der Waals surface area contributed by atoms with Crippen LogP contribution in [0, 0.1) is 0 Å². The molecular formula is C20H34BrIN4O. The molecule has 0 spiro atoms. The molecule has 1 aliphatic carbocycles. The van der Waals surface area contributed by atoms with Crippen molar-refractivity contribution in [2.45, 2.75) is 37.7 Å². The van der Waals surface area contributed by atoms with Crippen LogP contribution < -0.4 is 10.6 Å². The average Bonchev–Trinajstić information content (AvgIpc) is 3.40. The van der Waals surface area contributed by atoms with Crippen LogP contribution in [0.15, 0.2) is 33.7 Å².